The van der Waals surface area contributed by atoms with Gasteiger partial charge in [-0.25, -0.2) is 0 Å². The molecular weight excluding hydrogens is 921 g/mol. The molecule has 76 heavy (non-hydrogen) atoms. The molecule has 0 aliphatic carbocycles. The molecule has 0 amide bonds. The summed E-state index contributed by atoms with van der Waals surface area (Å²) in [5, 5.41) is 9.55. The average Bonchev–Trinajstić information content (AvgIpc) is 4.02. The quantitative estimate of drug-likeness (QED) is 0.128. The monoisotopic (exact) mass is 970 g/mol. The summed E-state index contributed by atoms with van der Waals surface area (Å²) in [4.78, 5) is 4.82. The molecule has 12 aromatic carbocycles. The van der Waals surface area contributed by atoms with Crippen molar-refractivity contribution in [1.82, 2.24) is 9.13 Å². The highest BCUT2D eigenvalue weighted by atomic mass is 15.2. The van der Waals surface area contributed by atoms with Gasteiger partial charge in [0.1, 0.15) is 0 Å². The zero-order valence-corrected chi connectivity index (χ0v) is 41.8. The molecule has 0 saturated carbocycles. The summed E-state index contributed by atoms with van der Waals surface area (Å²) >= 11 is 0. The summed E-state index contributed by atoms with van der Waals surface area (Å²) in [7, 11) is 0. The van der Waals surface area contributed by atoms with Gasteiger partial charge in [-0.15, -0.1) is 0 Å². The van der Waals surface area contributed by atoms with Crippen molar-refractivity contribution >= 4 is 111 Å². The third-order valence-corrected chi connectivity index (χ3v) is 15.2. The minimum atomic E-state index is 1.08. The van der Waals surface area contributed by atoms with E-state index in [1.54, 1.807) is 0 Å². The molecule has 4 nitrogen and oxygen atoms in total. The molecule has 0 radical (unpaired) electrons. The lowest BCUT2D eigenvalue weighted by Gasteiger charge is -2.28. The standard InChI is InChI=1S/C72H50N4/c1-3-49-31-39-57(40-32-49)75-67-29-17-15-25-61(67)65-47-69(59-23-11-13-27-63(59)71(65)75)73(53-19-7-5-8-20-53)55-43-35-51(36-44-55)52-37-45-56(46-38-52)74(54-21-9-6-10-22-54)70-48-66-62-26-16-18-30-68(62)76(58-41-33-50(4-2)34-42-58)72(66)64-28-14-12-24-60(64)70/h3-48H,1-2H2. The molecule has 0 saturated heterocycles. The van der Waals surface area contributed by atoms with Gasteiger partial charge in [0, 0.05) is 77.2 Å². The molecule has 0 bridgehead atoms. The molecule has 0 N–H and O–H groups in total. The van der Waals surface area contributed by atoms with Gasteiger partial charge >= 0.3 is 0 Å². The van der Waals surface area contributed by atoms with Crippen LogP contribution in [0.4, 0.5) is 34.1 Å². The Balaban J connectivity index is 0.876. The van der Waals surface area contributed by atoms with Crippen molar-refractivity contribution in [3.05, 3.63) is 291 Å². The second-order valence-corrected chi connectivity index (χ2v) is 19.4. The van der Waals surface area contributed by atoms with E-state index in [0.717, 1.165) is 67.8 Å². The number of nitrogens with zero attached hydrogens (tertiary/aromatic N) is 4. The van der Waals surface area contributed by atoms with Crippen molar-refractivity contribution in [3.8, 4) is 22.5 Å². The molecule has 2 heterocycles. The number of rotatable bonds is 11. The molecule has 0 atom stereocenters. The van der Waals surface area contributed by atoms with Crippen molar-refractivity contribution < 1.29 is 0 Å². The molecule has 358 valence electrons. The van der Waals surface area contributed by atoms with Gasteiger partial charge in [0.2, 0.25) is 0 Å². The maximum absolute atomic E-state index is 4.00. The Hall–Kier alpha value is -10.2. The van der Waals surface area contributed by atoms with Crippen molar-refractivity contribution in [2.24, 2.45) is 0 Å². The van der Waals surface area contributed by atoms with Crippen LogP contribution >= 0.6 is 0 Å². The van der Waals surface area contributed by atoms with Gasteiger partial charge in [-0.1, -0.05) is 195 Å². The SMILES string of the molecule is C=Cc1ccc(-n2c3ccccc3c3cc(N(c4ccccc4)c4ccc(-c5ccc(N(c6ccccc6)c6cc7c8ccccc8n(-c8ccc(C=C)cc8)c7c7ccccc67)cc5)cc4)c4ccccc4c32)cc1. The van der Waals surface area contributed by atoms with Crippen LogP contribution in [0.2, 0.25) is 0 Å². The Bertz CT molecular complexity index is 4220. The second kappa shape index (κ2) is 18.4. The number of hydrogen-bond acceptors (Lipinski definition) is 2. The first-order valence-corrected chi connectivity index (χ1v) is 25.9. The molecular formula is C72H50N4. The van der Waals surface area contributed by atoms with E-state index in [0.29, 0.717) is 0 Å². The van der Waals surface area contributed by atoms with Crippen molar-refractivity contribution in [1.29, 1.82) is 0 Å². The minimum absolute atomic E-state index is 1.08. The molecule has 2 aromatic heterocycles. The average molecular weight is 971 g/mol. The molecule has 14 aromatic rings. The summed E-state index contributed by atoms with van der Waals surface area (Å²) in [6, 6.07) is 97.0. The fourth-order valence-electron chi connectivity index (χ4n) is 11.6. The zero-order valence-electron chi connectivity index (χ0n) is 41.8. The van der Waals surface area contributed by atoms with E-state index in [9.17, 15) is 0 Å². The highest BCUT2D eigenvalue weighted by Crippen LogP contribution is 2.48. The van der Waals surface area contributed by atoms with Crippen LogP contribution < -0.4 is 9.80 Å². The minimum Gasteiger partial charge on any atom is -0.310 e. The largest absolute Gasteiger partial charge is 0.310 e. The number of hydrogen-bond donors (Lipinski definition) is 0. The van der Waals surface area contributed by atoms with Gasteiger partial charge in [0.25, 0.3) is 0 Å². The molecule has 0 aliphatic heterocycles. The Labute approximate surface area is 441 Å². The summed E-state index contributed by atoms with van der Waals surface area (Å²) in [6.07, 6.45) is 3.79. The Morgan fingerprint density at radius 3 is 0.961 bits per heavy atom. The normalized spacial score (nSPS) is 11.5. The van der Waals surface area contributed by atoms with Gasteiger partial charge < -0.3 is 18.9 Å². The van der Waals surface area contributed by atoms with E-state index in [2.05, 4.69) is 299 Å². The Morgan fingerprint density at radius 1 is 0.276 bits per heavy atom. The van der Waals surface area contributed by atoms with Crippen LogP contribution in [-0.4, -0.2) is 9.13 Å². The second-order valence-electron chi connectivity index (χ2n) is 19.4. The predicted molar refractivity (Wildman–Crippen MR) is 325 cm³/mol. The number of fused-ring (bicyclic) bond motifs is 10. The van der Waals surface area contributed by atoms with Gasteiger partial charge in [-0.2, -0.15) is 0 Å². The predicted octanol–water partition coefficient (Wildman–Crippen LogP) is 20.1. The number of benzene rings is 12. The van der Waals surface area contributed by atoms with Gasteiger partial charge in [-0.05, 0) is 119 Å². The fourth-order valence-corrected chi connectivity index (χ4v) is 11.6. The molecule has 0 aliphatic rings. The smallest absolute Gasteiger partial charge is 0.0621 e. The molecule has 0 spiro atoms. The van der Waals surface area contributed by atoms with Crippen LogP contribution in [0, 0.1) is 0 Å². The molecule has 4 heteroatoms. The Kier molecular flexibility index (Phi) is 10.8. The summed E-state index contributed by atoms with van der Waals surface area (Å²) < 4.78 is 4.84. The molecule has 14 rings (SSSR count). The first kappa shape index (κ1) is 44.5. The summed E-state index contributed by atoms with van der Waals surface area (Å²) in [6.45, 7) is 8.01. The van der Waals surface area contributed by atoms with E-state index < -0.39 is 0 Å². The highest BCUT2D eigenvalue weighted by Gasteiger charge is 2.24. The summed E-state index contributed by atoms with van der Waals surface area (Å²) in [5.74, 6) is 0. The van der Waals surface area contributed by atoms with Crippen molar-refractivity contribution in [2.75, 3.05) is 9.80 Å². The van der Waals surface area contributed by atoms with E-state index >= 15 is 0 Å². The lowest BCUT2D eigenvalue weighted by atomic mass is 10.00. The van der Waals surface area contributed by atoms with Crippen LogP contribution in [0.5, 0.6) is 0 Å². The first-order chi connectivity index (χ1) is 37.6. The van der Waals surface area contributed by atoms with E-state index in [1.165, 1.54) is 65.2 Å². The molecule has 0 fully saturated rings. The van der Waals surface area contributed by atoms with Crippen LogP contribution in [0.1, 0.15) is 11.1 Å². The van der Waals surface area contributed by atoms with Crippen molar-refractivity contribution in [3.63, 3.8) is 0 Å². The third kappa shape index (κ3) is 7.30. The number of anilines is 6. The van der Waals surface area contributed by atoms with Crippen molar-refractivity contribution in [2.45, 2.75) is 0 Å². The van der Waals surface area contributed by atoms with Gasteiger partial charge in [0.05, 0.1) is 33.4 Å². The van der Waals surface area contributed by atoms with E-state index in [4.69, 9.17) is 0 Å². The van der Waals surface area contributed by atoms with Crippen LogP contribution in [0.15, 0.2) is 280 Å². The van der Waals surface area contributed by atoms with Gasteiger partial charge in [0.15, 0.2) is 0 Å². The van der Waals surface area contributed by atoms with E-state index in [1.807, 2.05) is 12.2 Å². The topological polar surface area (TPSA) is 16.3 Å². The lowest BCUT2D eigenvalue weighted by Crippen LogP contribution is -2.11. The fraction of sp³-hybridized carbons (Fsp3) is 0. The van der Waals surface area contributed by atoms with Crippen LogP contribution in [0.25, 0.3) is 99.8 Å². The first-order valence-electron chi connectivity index (χ1n) is 25.9. The van der Waals surface area contributed by atoms with Gasteiger partial charge in [-0.3, -0.25) is 0 Å². The number of para-hydroxylation sites is 4. The van der Waals surface area contributed by atoms with Crippen LogP contribution in [0.3, 0.4) is 0 Å². The summed E-state index contributed by atoms with van der Waals surface area (Å²) in [5.41, 5.74) is 18.0. The maximum atomic E-state index is 4.00. The van der Waals surface area contributed by atoms with Crippen LogP contribution in [-0.2, 0) is 0 Å². The zero-order chi connectivity index (χ0) is 50.7. The lowest BCUT2D eigenvalue weighted by molar-refractivity contribution is 1.18. The number of aromatic nitrogens is 2. The Morgan fingerprint density at radius 2 is 0.592 bits per heavy atom. The van der Waals surface area contributed by atoms with E-state index in [-0.39, 0.29) is 0 Å². The maximum Gasteiger partial charge on any atom is 0.0621 e. The molecule has 0 unspecified atom stereocenters. The highest BCUT2D eigenvalue weighted by molar-refractivity contribution is 6.24. The third-order valence-electron chi connectivity index (χ3n) is 15.2.